The van der Waals surface area contributed by atoms with Crippen molar-refractivity contribution in [2.24, 2.45) is 0 Å². The summed E-state index contributed by atoms with van der Waals surface area (Å²) in [6, 6.07) is 6.69. The van der Waals surface area contributed by atoms with E-state index in [1.807, 2.05) is 13.8 Å². The van der Waals surface area contributed by atoms with E-state index in [1.165, 1.54) is 0 Å². The molecule has 4 heteroatoms. The Morgan fingerprint density at radius 2 is 1.88 bits per heavy atom. The van der Waals surface area contributed by atoms with Gasteiger partial charge in [0.05, 0.1) is 12.7 Å². The van der Waals surface area contributed by atoms with E-state index >= 15 is 0 Å². The molecule has 17 heavy (non-hydrogen) atoms. The molecule has 0 aromatic heterocycles. The van der Waals surface area contributed by atoms with Crippen molar-refractivity contribution in [3.63, 3.8) is 0 Å². The molecule has 4 nitrogen and oxygen atoms in total. The van der Waals surface area contributed by atoms with Gasteiger partial charge in [-0.25, -0.2) is 0 Å². The zero-order valence-corrected chi connectivity index (χ0v) is 10.4. The lowest BCUT2D eigenvalue weighted by molar-refractivity contribution is 0.0922. The van der Waals surface area contributed by atoms with Gasteiger partial charge in [-0.15, -0.1) is 0 Å². The van der Waals surface area contributed by atoms with E-state index in [2.05, 4.69) is 5.32 Å². The molecule has 0 heterocycles. The van der Waals surface area contributed by atoms with Crippen LogP contribution in [0.2, 0.25) is 0 Å². The second-order valence-electron chi connectivity index (χ2n) is 4.25. The average molecular weight is 237 g/mol. The summed E-state index contributed by atoms with van der Waals surface area (Å²) in [6.45, 7) is 5.57. The van der Waals surface area contributed by atoms with Crippen LogP contribution >= 0.6 is 0 Å². The molecule has 1 aromatic rings. The molecule has 0 saturated carbocycles. The minimum absolute atomic E-state index is 0.0692. The maximum absolute atomic E-state index is 11.7. The van der Waals surface area contributed by atoms with Gasteiger partial charge < -0.3 is 15.2 Å². The van der Waals surface area contributed by atoms with Gasteiger partial charge in [0.15, 0.2) is 0 Å². The number of carbonyl (C=O) groups excluding carboxylic acids is 1. The number of hydrogen-bond donors (Lipinski definition) is 2. The molecule has 0 fully saturated rings. The van der Waals surface area contributed by atoms with Crippen LogP contribution in [0.4, 0.5) is 0 Å². The van der Waals surface area contributed by atoms with Crippen molar-refractivity contribution in [1.29, 1.82) is 0 Å². The number of benzene rings is 1. The van der Waals surface area contributed by atoms with Crippen LogP contribution in [0.25, 0.3) is 0 Å². The normalized spacial score (nSPS) is 12.3. The summed E-state index contributed by atoms with van der Waals surface area (Å²) >= 11 is 0. The summed E-state index contributed by atoms with van der Waals surface area (Å²) in [5, 5.41) is 11.5. The maximum atomic E-state index is 11.7. The molecule has 1 rings (SSSR count). The van der Waals surface area contributed by atoms with Crippen molar-refractivity contribution in [3.8, 4) is 5.75 Å². The van der Waals surface area contributed by atoms with Gasteiger partial charge in [0.2, 0.25) is 0 Å². The number of hydrogen-bond acceptors (Lipinski definition) is 3. The third kappa shape index (κ3) is 4.44. The van der Waals surface area contributed by atoms with Gasteiger partial charge in [-0.1, -0.05) is 0 Å². The first kappa shape index (κ1) is 13.5. The Labute approximate surface area is 102 Å². The lowest BCUT2D eigenvalue weighted by atomic mass is 10.2. The summed E-state index contributed by atoms with van der Waals surface area (Å²) in [5.74, 6) is 0.550. The van der Waals surface area contributed by atoms with Crippen LogP contribution in [0.1, 0.15) is 31.1 Å². The van der Waals surface area contributed by atoms with E-state index in [4.69, 9.17) is 9.84 Å². The Morgan fingerprint density at radius 3 is 2.35 bits per heavy atom. The highest BCUT2D eigenvalue weighted by Gasteiger charge is 2.08. The summed E-state index contributed by atoms with van der Waals surface area (Å²) in [4.78, 5) is 11.7. The number of aliphatic hydroxyl groups is 1. The van der Waals surface area contributed by atoms with Crippen LogP contribution in [0.5, 0.6) is 5.75 Å². The predicted molar refractivity (Wildman–Crippen MR) is 66.2 cm³/mol. The van der Waals surface area contributed by atoms with E-state index in [-0.39, 0.29) is 24.7 Å². The number of rotatable bonds is 5. The first-order valence-corrected chi connectivity index (χ1v) is 5.71. The molecule has 1 aromatic carbocycles. The first-order valence-electron chi connectivity index (χ1n) is 5.71. The molecule has 0 aliphatic rings. The van der Waals surface area contributed by atoms with E-state index < -0.39 is 0 Å². The van der Waals surface area contributed by atoms with Crippen molar-refractivity contribution in [1.82, 2.24) is 5.32 Å². The van der Waals surface area contributed by atoms with Crippen LogP contribution in [0, 0.1) is 0 Å². The van der Waals surface area contributed by atoms with Gasteiger partial charge in [0.1, 0.15) is 5.75 Å². The van der Waals surface area contributed by atoms with Gasteiger partial charge >= 0.3 is 0 Å². The standard InChI is InChI=1S/C13H19NO3/c1-9(2)17-12-6-4-11(5-7-12)13(16)14-10(3)8-15/h4-7,9-10,15H,8H2,1-3H3,(H,14,16)/t10-/m0/s1. The van der Waals surface area contributed by atoms with Crippen molar-refractivity contribution in [2.75, 3.05) is 6.61 Å². The monoisotopic (exact) mass is 237 g/mol. The van der Waals surface area contributed by atoms with Crippen LogP contribution in [-0.2, 0) is 0 Å². The average Bonchev–Trinajstić information content (AvgIpc) is 2.28. The summed E-state index contributed by atoms with van der Waals surface area (Å²) < 4.78 is 5.48. The van der Waals surface area contributed by atoms with E-state index in [0.29, 0.717) is 5.56 Å². The largest absolute Gasteiger partial charge is 0.491 e. The van der Waals surface area contributed by atoms with Crippen molar-refractivity contribution >= 4 is 5.91 Å². The van der Waals surface area contributed by atoms with Crippen molar-refractivity contribution < 1.29 is 14.6 Å². The minimum Gasteiger partial charge on any atom is -0.491 e. The number of carbonyl (C=O) groups is 1. The number of nitrogens with one attached hydrogen (secondary N) is 1. The highest BCUT2D eigenvalue weighted by molar-refractivity contribution is 5.94. The summed E-state index contributed by atoms with van der Waals surface area (Å²) in [7, 11) is 0. The predicted octanol–water partition coefficient (Wildman–Crippen LogP) is 1.58. The lowest BCUT2D eigenvalue weighted by Crippen LogP contribution is -2.34. The number of amides is 1. The SMILES string of the molecule is CC(C)Oc1ccc(C(=O)N[C@@H](C)CO)cc1. The second-order valence-corrected chi connectivity index (χ2v) is 4.25. The topological polar surface area (TPSA) is 58.6 Å². The fraction of sp³-hybridized carbons (Fsp3) is 0.462. The first-order chi connectivity index (χ1) is 8.02. The molecule has 1 amide bonds. The molecule has 1 atom stereocenters. The van der Waals surface area contributed by atoms with Crippen molar-refractivity contribution in [3.05, 3.63) is 29.8 Å². The zero-order valence-electron chi connectivity index (χ0n) is 10.4. The third-order valence-electron chi connectivity index (χ3n) is 2.14. The van der Waals surface area contributed by atoms with E-state index in [1.54, 1.807) is 31.2 Å². The molecular weight excluding hydrogens is 218 g/mol. The molecule has 0 saturated heterocycles. The molecule has 2 N–H and O–H groups in total. The molecule has 0 aliphatic heterocycles. The molecule has 0 spiro atoms. The molecule has 0 radical (unpaired) electrons. The van der Waals surface area contributed by atoms with Crippen molar-refractivity contribution in [2.45, 2.75) is 32.9 Å². The minimum atomic E-state index is -0.242. The number of aliphatic hydroxyl groups excluding tert-OH is 1. The smallest absolute Gasteiger partial charge is 0.251 e. The Balaban J connectivity index is 2.64. The Morgan fingerprint density at radius 1 is 1.29 bits per heavy atom. The van der Waals surface area contributed by atoms with E-state index in [9.17, 15) is 4.79 Å². The van der Waals surface area contributed by atoms with Gasteiger partial charge in [0, 0.05) is 11.6 Å². The van der Waals surface area contributed by atoms with Crippen LogP contribution in [-0.4, -0.2) is 29.8 Å². The highest BCUT2D eigenvalue weighted by atomic mass is 16.5. The molecular formula is C13H19NO3. The summed E-state index contributed by atoms with van der Waals surface area (Å²) in [5.41, 5.74) is 0.557. The highest BCUT2D eigenvalue weighted by Crippen LogP contribution is 2.13. The zero-order chi connectivity index (χ0) is 12.8. The van der Waals surface area contributed by atoms with Gasteiger partial charge in [-0.2, -0.15) is 0 Å². The van der Waals surface area contributed by atoms with E-state index in [0.717, 1.165) is 5.75 Å². The van der Waals surface area contributed by atoms with Crippen LogP contribution < -0.4 is 10.1 Å². The fourth-order valence-electron chi connectivity index (χ4n) is 1.31. The molecule has 0 bridgehead atoms. The summed E-state index contributed by atoms with van der Waals surface area (Å²) in [6.07, 6.45) is 0.115. The molecule has 0 unspecified atom stereocenters. The maximum Gasteiger partial charge on any atom is 0.251 e. The third-order valence-corrected chi connectivity index (χ3v) is 2.14. The second kappa shape index (κ2) is 6.25. The quantitative estimate of drug-likeness (QED) is 0.817. The van der Waals surface area contributed by atoms with Crippen LogP contribution in [0.15, 0.2) is 24.3 Å². The van der Waals surface area contributed by atoms with Gasteiger partial charge in [-0.05, 0) is 45.0 Å². The molecule has 0 aliphatic carbocycles. The fourth-order valence-corrected chi connectivity index (χ4v) is 1.31. The van der Waals surface area contributed by atoms with Gasteiger partial charge in [0.25, 0.3) is 5.91 Å². The molecule has 94 valence electrons. The number of ether oxygens (including phenoxy) is 1. The lowest BCUT2D eigenvalue weighted by Gasteiger charge is -2.12. The Hall–Kier alpha value is -1.55. The van der Waals surface area contributed by atoms with Gasteiger partial charge in [-0.3, -0.25) is 4.79 Å². The Bertz CT molecular complexity index is 359. The van der Waals surface area contributed by atoms with Crippen LogP contribution in [0.3, 0.4) is 0 Å². The Kier molecular flexibility index (Phi) is 4.97.